The van der Waals surface area contributed by atoms with Crippen LogP contribution in [0.3, 0.4) is 0 Å². The average Bonchev–Trinajstić information content (AvgIpc) is 3.02. The van der Waals surface area contributed by atoms with Gasteiger partial charge in [0.15, 0.2) is 11.5 Å². The monoisotopic (exact) mass is 259 g/mol. The molecule has 19 heavy (non-hydrogen) atoms. The maximum atomic E-state index is 4.58. The number of hydrogen-bond acceptors (Lipinski definition) is 4. The van der Waals surface area contributed by atoms with Gasteiger partial charge in [-0.25, -0.2) is 9.97 Å². The quantitative estimate of drug-likeness (QED) is 0.837. The lowest BCUT2D eigenvalue weighted by molar-refractivity contribution is 0.485. The molecule has 5 nitrogen and oxygen atoms in total. The fraction of sp³-hybridized carbons (Fsp3) is 0.571. The molecular formula is C14H21N5. The largest absolute Gasteiger partial charge is 0.372 e. The van der Waals surface area contributed by atoms with Crippen LogP contribution in [0, 0.1) is 5.41 Å². The second-order valence-corrected chi connectivity index (χ2v) is 5.49. The Kier molecular flexibility index (Phi) is 3.05. The van der Waals surface area contributed by atoms with Crippen molar-refractivity contribution in [2.75, 3.05) is 24.2 Å². The summed E-state index contributed by atoms with van der Waals surface area (Å²) in [5.41, 5.74) is 1.40. The molecule has 1 fully saturated rings. The molecule has 2 aromatic rings. The normalized spacial score (nSPS) is 16.5. The molecule has 102 valence electrons. The van der Waals surface area contributed by atoms with Crippen LogP contribution in [-0.2, 0) is 0 Å². The molecule has 0 amide bonds. The Morgan fingerprint density at radius 1 is 1.42 bits per heavy atom. The van der Waals surface area contributed by atoms with E-state index in [1.165, 1.54) is 25.7 Å². The lowest BCUT2D eigenvalue weighted by atomic mass is 10.0. The van der Waals surface area contributed by atoms with Crippen molar-refractivity contribution in [3.8, 4) is 0 Å². The van der Waals surface area contributed by atoms with Crippen LogP contribution in [0.25, 0.3) is 5.65 Å². The second-order valence-electron chi connectivity index (χ2n) is 5.49. The van der Waals surface area contributed by atoms with Crippen molar-refractivity contribution in [2.24, 2.45) is 5.41 Å². The van der Waals surface area contributed by atoms with Gasteiger partial charge in [0.2, 0.25) is 0 Å². The minimum atomic E-state index is 0.510. The maximum Gasteiger partial charge on any atom is 0.180 e. The molecule has 0 radical (unpaired) electrons. The van der Waals surface area contributed by atoms with Crippen LogP contribution in [0.15, 0.2) is 18.6 Å². The Balaban J connectivity index is 1.81. The molecule has 0 bridgehead atoms. The van der Waals surface area contributed by atoms with Gasteiger partial charge in [0.1, 0.15) is 5.82 Å². The molecule has 0 aromatic carbocycles. The highest BCUT2D eigenvalue weighted by Gasteiger charge is 2.41. The third-order valence-corrected chi connectivity index (χ3v) is 4.00. The van der Waals surface area contributed by atoms with Crippen LogP contribution in [0.4, 0.5) is 11.6 Å². The van der Waals surface area contributed by atoms with Gasteiger partial charge >= 0.3 is 0 Å². The molecule has 2 N–H and O–H groups in total. The van der Waals surface area contributed by atoms with E-state index in [0.29, 0.717) is 5.41 Å². The van der Waals surface area contributed by atoms with Crippen molar-refractivity contribution in [1.82, 2.24) is 14.4 Å². The first-order valence-electron chi connectivity index (χ1n) is 7.02. The molecular weight excluding hydrogens is 238 g/mol. The highest BCUT2D eigenvalue weighted by atomic mass is 15.1. The third kappa shape index (κ3) is 2.37. The summed E-state index contributed by atoms with van der Waals surface area (Å²) in [5, 5.41) is 6.59. The maximum absolute atomic E-state index is 4.58. The van der Waals surface area contributed by atoms with Crippen LogP contribution in [0.1, 0.15) is 32.6 Å². The van der Waals surface area contributed by atoms with Crippen LogP contribution < -0.4 is 10.6 Å². The van der Waals surface area contributed by atoms with E-state index in [-0.39, 0.29) is 0 Å². The molecule has 0 atom stereocenters. The molecule has 0 saturated heterocycles. The number of fused-ring (bicyclic) bond motifs is 1. The molecule has 0 unspecified atom stereocenters. The molecule has 1 aliphatic rings. The Morgan fingerprint density at radius 3 is 2.95 bits per heavy atom. The smallest absolute Gasteiger partial charge is 0.180 e. The van der Waals surface area contributed by atoms with Gasteiger partial charge in [0.25, 0.3) is 0 Å². The van der Waals surface area contributed by atoms with Gasteiger partial charge in [0.05, 0.1) is 6.20 Å². The van der Waals surface area contributed by atoms with E-state index in [2.05, 4.69) is 27.5 Å². The lowest BCUT2D eigenvalue weighted by Gasteiger charge is -2.16. The molecule has 3 rings (SSSR count). The van der Waals surface area contributed by atoms with Gasteiger partial charge < -0.3 is 15.0 Å². The minimum Gasteiger partial charge on any atom is -0.372 e. The molecule has 0 aliphatic heterocycles. The number of imidazole rings is 1. The topological polar surface area (TPSA) is 54.2 Å². The standard InChI is InChI=1S/C14H21N5/c1-3-4-14(5-6-14)10-17-12-13-16-7-8-19(13)9-11(15-2)18-12/h7-9,15H,3-6,10H2,1-2H3,(H,17,18). The summed E-state index contributed by atoms with van der Waals surface area (Å²) in [6, 6.07) is 0. The summed E-state index contributed by atoms with van der Waals surface area (Å²) in [4.78, 5) is 8.95. The molecule has 2 aromatic heterocycles. The highest BCUT2D eigenvalue weighted by Crippen LogP contribution is 2.49. The predicted octanol–water partition coefficient (Wildman–Crippen LogP) is 2.76. The predicted molar refractivity (Wildman–Crippen MR) is 77.6 cm³/mol. The fourth-order valence-electron chi connectivity index (χ4n) is 2.66. The molecule has 1 saturated carbocycles. The van der Waals surface area contributed by atoms with E-state index in [4.69, 9.17) is 0 Å². The minimum absolute atomic E-state index is 0.510. The van der Waals surface area contributed by atoms with Gasteiger partial charge in [-0.15, -0.1) is 0 Å². The van der Waals surface area contributed by atoms with E-state index >= 15 is 0 Å². The Labute approximate surface area is 113 Å². The molecule has 1 aliphatic carbocycles. The number of hydrogen-bond donors (Lipinski definition) is 2. The summed E-state index contributed by atoms with van der Waals surface area (Å²) < 4.78 is 2.00. The first-order chi connectivity index (χ1) is 9.26. The summed E-state index contributed by atoms with van der Waals surface area (Å²) in [5.74, 6) is 1.73. The van der Waals surface area contributed by atoms with Gasteiger partial charge in [-0.1, -0.05) is 13.3 Å². The van der Waals surface area contributed by atoms with Gasteiger partial charge in [-0.2, -0.15) is 0 Å². The number of anilines is 2. The van der Waals surface area contributed by atoms with E-state index in [9.17, 15) is 0 Å². The third-order valence-electron chi connectivity index (χ3n) is 4.00. The first-order valence-corrected chi connectivity index (χ1v) is 7.02. The fourth-order valence-corrected chi connectivity index (χ4v) is 2.66. The Bertz CT molecular complexity index is 570. The summed E-state index contributed by atoms with van der Waals surface area (Å²) >= 11 is 0. The average molecular weight is 259 g/mol. The summed E-state index contributed by atoms with van der Waals surface area (Å²) in [7, 11) is 1.88. The van der Waals surface area contributed by atoms with Crippen LogP contribution >= 0.6 is 0 Å². The van der Waals surface area contributed by atoms with Crippen LogP contribution in [0.2, 0.25) is 0 Å². The van der Waals surface area contributed by atoms with E-state index in [1.807, 2.05) is 23.8 Å². The zero-order chi connectivity index (χ0) is 13.3. The van der Waals surface area contributed by atoms with Crippen molar-refractivity contribution >= 4 is 17.3 Å². The van der Waals surface area contributed by atoms with E-state index < -0.39 is 0 Å². The van der Waals surface area contributed by atoms with Gasteiger partial charge in [-0.3, -0.25) is 0 Å². The number of rotatable bonds is 6. The number of nitrogens with zero attached hydrogens (tertiary/aromatic N) is 3. The SMILES string of the molecule is CCCC1(CNc2nc(NC)cn3ccnc23)CC1. The van der Waals surface area contributed by atoms with Crippen molar-refractivity contribution in [3.63, 3.8) is 0 Å². The zero-order valence-corrected chi connectivity index (χ0v) is 11.6. The molecule has 0 spiro atoms. The van der Waals surface area contributed by atoms with Crippen molar-refractivity contribution < 1.29 is 0 Å². The molecule has 2 heterocycles. The zero-order valence-electron chi connectivity index (χ0n) is 11.6. The van der Waals surface area contributed by atoms with E-state index in [0.717, 1.165) is 23.8 Å². The Hall–Kier alpha value is -1.78. The second kappa shape index (κ2) is 4.72. The van der Waals surface area contributed by atoms with Crippen molar-refractivity contribution in [2.45, 2.75) is 32.6 Å². The number of aromatic nitrogens is 3. The van der Waals surface area contributed by atoms with Crippen molar-refractivity contribution in [3.05, 3.63) is 18.6 Å². The number of nitrogens with one attached hydrogen (secondary N) is 2. The van der Waals surface area contributed by atoms with Gasteiger partial charge in [-0.05, 0) is 24.7 Å². The van der Waals surface area contributed by atoms with Gasteiger partial charge in [0, 0.05) is 26.0 Å². The van der Waals surface area contributed by atoms with E-state index in [1.54, 1.807) is 6.20 Å². The first kappa shape index (κ1) is 12.3. The summed E-state index contributed by atoms with van der Waals surface area (Å²) in [6.07, 6.45) is 10.9. The van der Waals surface area contributed by atoms with Crippen molar-refractivity contribution in [1.29, 1.82) is 0 Å². The lowest BCUT2D eigenvalue weighted by Crippen LogP contribution is -2.17. The molecule has 5 heteroatoms. The summed E-state index contributed by atoms with van der Waals surface area (Å²) in [6.45, 7) is 3.26. The highest BCUT2D eigenvalue weighted by molar-refractivity contribution is 5.65. The Morgan fingerprint density at radius 2 is 2.26 bits per heavy atom. The van der Waals surface area contributed by atoms with Crippen LogP contribution in [-0.4, -0.2) is 28.0 Å². The van der Waals surface area contributed by atoms with Crippen LogP contribution in [0.5, 0.6) is 0 Å².